The van der Waals surface area contributed by atoms with Crippen LogP contribution in [0.5, 0.6) is 0 Å². The number of nitrogens with zero attached hydrogens (tertiary/aromatic N) is 5. The molecule has 118 heavy (non-hydrogen) atoms. The molecule has 5 aromatic carbocycles. The van der Waals surface area contributed by atoms with Crippen molar-refractivity contribution < 1.29 is 64.1 Å². The Morgan fingerprint density at radius 2 is 0.949 bits per heavy atom. The Morgan fingerprint density at radius 3 is 1.31 bits per heavy atom. The Bertz CT molecular complexity index is 4190. The van der Waals surface area contributed by atoms with Crippen molar-refractivity contribution in [2.75, 3.05) is 35.7 Å². The molecule has 0 spiro atoms. The molecule has 17 nitrogen and oxygen atoms in total. The van der Waals surface area contributed by atoms with E-state index in [4.69, 9.17) is 53.6 Å². The zero-order chi connectivity index (χ0) is 89.5. The van der Waals surface area contributed by atoms with Crippen molar-refractivity contribution in [2.45, 2.75) is 274 Å². The van der Waals surface area contributed by atoms with Gasteiger partial charge in [0.05, 0.1) is 113 Å². The minimum Gasteiger partial charge on any atom is -0.502 e. The van der Waals surface area contributed by atoms with Gasteiger partial charge in [-0.1, -0.05) is 225 Å². The second-order valence-electron chi connectivity index (χ2n) is 31.1. The highest BCUT2D eigenvalue weighted by Gasteiger charge is 2.64. The number of allylic oxidation sites excluding steroid dienone is 1. The third kappa shape index (κ3) is 35.6. The lowest BCUT2D eigenvalue weighted by Gasteiger charge is -2.32. The SMILES string of the molecule is C1=COCCC1.CC(C)I.CC1(C)OB(B2OC(C)(C)C(C)(C)O2)OC1(C)C.CC1(C)OB(c2ccc3c(cnn3C3CCCCO3)c2F)OC1(C)C.CCC.CCC(I)(I)I.CCC(I)I.CCCI.Cc1c(N)ccc(Br)c1F.Cc1c(N)cccc1F.Fc1c(Br)ccc2[nH]ncc12.Fc1c(Br)ccc2c1cnn2C1CCCCO1. The number of ether oxygens (including phenoxy) is 3. The molecule has 2 atom stereocenters. The van der Waals surface area contributed by atoms with Crippen molar-refractivity contribution in [2.24, 2.45) is 0 Å². The largest absolute Gasteiger partial charge is 0.502 e. The summed E-state index contributed by atoms with van der Waals surface area (Å²) in [5.74, 6) is -1.38. The van der Waals surface area contributed by atoms with E-state index in [1.54, 1.807) is 90.4 Å². The van der Waals surface area contributed by atoms with E-state index in [2.05, 4.69) is 275 Å². The average molecular weight is 2630 g/mol. The van der Waals surface area contributed by atoms with Gasteiger partial charge in [-0.15, -0.1) is 0 Å². The lowest BCUT2D eigenvalue weighted by molar-refractivity contribution is -0.0367. The molecule has 0 saturated carbocycles. The molecule has 2 unspecified atom stereocenters. The third-order valence-electron chi connectivity index (χ3n) is 19.5. The lowest BCUT2D eigenvalue weighted by atomic mass is 9.49. The van der Waals surface area contributed by atoms with E-state index in [0.29, 0.717) is 62.5 Å². The van der Waals surface area contributed by atoms with Crippen LogP contribution < -0.4 is 16.9 Å². The normalized spacial score (nSPS) is 18.6. The maximum Gasteiger partial charge on any atom is 0.497 e. The molecule has 660 valence electrons. The van der Waals surface area contributed by atoms with E-state index in [0.717, 1.165) is 75.2 Å². The molecule has 6 aliphatic heterocycles. The quantitative estimate of drug-likeness (QED) is 0.0447. The molecule has 35 heteroatoms. The second-order valence-corrected chi connectivity index (χ2v) is 54.4. The van der Waals surface area contributed by atoms with Crippen LogP contribution in [0.25, 0.3) is 32.7 Å². The van der Waals surface area contributed by atoms with Crippen molar-refractivity contribution in [1.29, 1.82) is 0 Å². The van der Waals surface area contributed by atoms with Crippen LogP contribution in [0.3, 0.4) is 0 Å². The highest BCUT2D eigenvalue weighted by molar-refractivity contribution is 14.3. The number of benzene rings is 5. The molecular formula is C83H120B3Br3F5I7N8O9. The van der Waals surface area contributed by atoms with Gasteiger partial charge in [-0.05, 0) is 280 Å². The molecule has 5 fully saturated rings. The molecule has 5 N–H and O–H groups in total. The zero-order valence-electron chi connectivity index (χ0n) is 71.8. The number of fused-ring (bicyclic) bond motifs is 3. The fraction of sp³-hybridized carbons (Fsp3) is 0.578. The molecule has 6 aliphatic rings. The summed E-state index contributed by atoms with van der Waals surface area (Å²) in [6, 6.07) is 18.5. The van der Waals surface area contributed by atoms with Crippen LogP contribution in [0.2, 0.25) is 0 Å². The number of nitrogens with one attached hydrogen (secondary N) is 1. The van der Waals surface area contributed by atoms with E-state index >= 15 is 4.39 Å². The molecule has 3 aromatic heterocycles. The van der Waals surface area contributed by atoms with Gasteiger partial charge in [-0.2, -0.15) is 15.3 Å². The van der Waals surface area contributed by atoms with E-state index in [1.807, 2.05) is 101 Å². The number of rotatable bonds is 7. The highest BCUT2D eigenvalue weighted by atomic mass is 127. The summed E-state index contributed by atoms with van der Waals surface area (Å²) in [7, 11) is -1.67. The van der Waals surface area contributed by atoms with Crippen LogP contribution in [0.15, 0.2) is 111 Å². The lowest BCUT2D eigenvalue weighted by Crippen LogP contribution is -2.41. The highest BCUT2D eigenvalue weighted by Crippen LogP contribution is 2.44. The molecule has 14 rings (SSSR count). The van der Waals surface area contributed by atoms with Crippen LogP contribution in [0.1, 0.15) is 232 Å². The Hall–Kier alpha value is -0.275. The Balaban J connectivity index is 0.000000351. The predicted octanol–water partition coefficient (Wildman–Crippen LogP) is 28.1. The van der Waals surface area contributed by atoms with Gasteiger partial charge in [-0.3, -0.25) is 5.10 Å². The number of alkyl halides is 7. The molecule has 5 saturated heterocycles. The van der Waals surface area contributed by atoms with Crippen molar-refractivity contribution in [3.05, 3.63) is 151 Å². The summed E-state index contributed by atoms with van der Waals surface area (Å²) in [4.78, 5) is 0. The second kappa shape index (κ2) is 53.6. The number of H-pyrrole nitrogens is 1. The van der Waals surface area contributed by atoms with Crippen LogP contribution in [0, 0.1) is 42.9 Å². The first-order chi connectivity index (χ1) is 55.0. The van der Waals surface area contributed by atoms with E-state index < -0.39 is 32.3 Å². The van der Waals surface area contributed by atoms with Crippen molar-refractivity contribution in [1.82, 2.24) is 29.8 Å². The van der Waals surface area contributed by atoms with E-state index in [-0.39, 0.29) is 63.9 Å². The monoisotopic (exact) mass is 2630 g/mol. The average Bonchev–Trinajstić information content (AvgIpc) is 1.61. The first kappa shape index (κ1) is 112. The summed E-state index contributed by atoms with van der Waals surface area (Å²) in [5, 5.41) is 16.5. The first-order valence-corrected chi connectivity index (χ1v) is 50.4. The topological polar surface area (TPSA) is 199 Å². The number of nitrogen functional groups attached to an aromatic ring is 2. The third-order valence-corrected chi connectivity index (χ3v) is 26.4. The summed E-state index contributed by atoms with van der Waals surface area (Å²) in [6.07, 6.45) is 21.9. The number of halogens is 15. The number of anilines is 2. The fourth-order valence-corrected chi connectivity index (χ4v) is 11.5. The zero-order valence-corrected chi connectivity index (χ0v) is 91.7. The van der Waals surface area contributed by atoms with Crippen LogP contribution in [-0.2, 0) is 42.1 Å². The first-order valence-electron chi connectivity index (χ1n) is 39.5. The van der Waals surface area contributed by atoms with Crippen LogP contribution in [0.4, 0.5) is 33.3 Å². The van der Waals surface area contributed by atoms with E-state index in [9.17, 15) is 17.6 Å². The van der Waals surface area contributed by atoms with Gasteiger partial charge in [0.2, 0.25) is 0 Å². The van der Waals surface area contributed by atoms with Gasteiger partial charge in [0, 0.05) is 45.1 Å². The molecular weight excluding hydrogens is 2510 g/mol. The maximum absolute atomic E-state index is 15.2. The van der Waals surface area contributed by atoms with Crippen molar-refractivity contribution >= 4 is 277 Å². The van der Waals surface area contributed by atoms with Crippen LogP contribution in [-0.4, -0.2) is 114 Å². The molecule has 0 amide bonds. The van der Waals surface area contributed by atoms with Gasteiger partial charge in [0.15, 0.2) is 12.5 Å². The number of hydrogen-bond donors (Lipinski definition) is 3. The van der Waals surface area contributed by atoms with Gasteiger partial charge in [0.1, 0.15) is 28.5 Å². The standard InChI is InChI=1S/C18H24BFN2O3.C12H24B2O4.C12H12BrFN2O.C7H4BrFN2.C7H7BrFN.C7H8FN.C5H8O.C3H5I3.C3H6I2.2C3H7I.C3H8/c1-17(2)18(3,4)25-19(24-17)13-8-9-14-12(16(13)20)11-21-22(14)15-7-5-6-10-23-15;1-9(2)10(3,4)16-13(15-9)14-17-11(5,6)12(7,8)18-14;13-9-4-5-10-8(12(9)14)7-15-16(10)11-3-1-2-6-17-11;8-5-1-2-6-4(7(5)9)3-10-11-6;1-4-6(10)3-2-5(8)7(4)9;1-5-6(8)3-2-4-7(5)9;1-2-4-6-5-3-1;1-2-3(4,5)6;1-2-3(4)5;1-3(2)4;1-2-3-4;1-3-2/h8-9,11,15H,5-7,10H2,1-4H3;1-8H3;4-5,7,11H,1-3,6H2;1-3H,(H,10,11);2-3H,10H2,1H3;2-4H,9H2,1H3;2,4H,1,3,5H2;2H2,1H3;3H,2H2,1H3;3H,1-2H3;2-3H2,1H3;3H2,1-2H3. The summed E-state index contributed by atoms with van der Waals surface area (Å²) >= 11 is 26.0. The number of nitrogens with two attached hydrogens (primary N) is 2. The molecule has 0 aliphatic carbocycles. The maximum atomic E-state index is 15.2. The molecule has 0 bridgehead atoms. The van der Waals surface area contributed by atoms with E-state index in [1.165, 1.54) is 55.2 Å². The number of aromatic nitrogens is 6. The Kier molecular flexibility index (Phi) is 50.9. The summed E-state index contributed by atoms with van der Waals surface area (Å²) in [6.45, 7) is 44.8. The molecule has 0 radical (unpaired) electrons. The summed E-state index contributed by atoms with van der Waals surface area (Å²) in [5.41, 5.74) is 13.0. The Labute approximate surface area is 821 Å². The predicted molar refractivity (Wildman–Crippen MR) is 551 cm³/mol. The minimum atomic E-state index is -0.719. The van der Waals surface area contributed by atoms with Gasteiger partial charge >= 0.3 is 21.1 Å². The van der Waals surface area contributed by atoms with Crippen LogP contribution >= 0.6 is 206 Å². The Morgan fingerprint density at radius 1 is 0.551 bits per heavy atom. The fourth-order valence-electron chi connectivity index (χ4n) is 10.3. The smallest absolute Gasteiger partial charge is 0.497 e. The van der Waals surface area contributed by atoms with Crippen molar-refractivity contribution in [3.8, 4) is 0 Å². The van der Waals surface area contributed by atoms with Crippen molar-refractivity contribution in [3.63, 3.8) is 0 Å². The van der Waals surface area contributed by atoms with Gasteiger partial charge < -0.3 is 53.6 Å². The summed E-state index contributed by atoms with van der Waals surface area (Å²) < 4.78 is 128. The minimum absolute atomic E-state index is 0.0539. The van der Waals surface area contributed by atoms with Gasteiger partial charge in [0.25, 0.3) is 0 Å². The number of hydrogen-bond acceptors (Lipinski definition) is 14. The molecule has 8 aromatic rings. The number of aromatic amines is 1. The van der Waals surface area contributed by atoms with Gasteiger partial charge in [-0.25, -0.2) is 31.3 Å². The molecule has 9 heterocycles.